The molecule has 0 radical (unpaired) electrons. The summed E-state index contributed by atoms with van der Waals surface area (Å²) in [6.07, 6.45) is 2.44. The van der Waals surface area contributed by atoms with Crippen molar-refractivity contribution in [2.24, 2.45) is 5.92 Å². The van der Waals surface area contributed by atoms with Crippen LogP contribution in [-0.2, 0) is 9.59 Å². The second-order valence-electron chi connectivity index (χ2n) is 5.22. The smallest absolute Gasteiger partial charge is 0.283 e. The summed E-state index contributed by atoms with van der Waals surface area (Å²) in [5, 5.41) is 13.5. The molecule has 1 aromatic rings. The standard InChI is InChI=1S/C15H16BrN3O4/c1-2-14(20)18-7-5-10(6-8-18)15(21)17-11-3-4-13(19(22)23)12(16)9-11/h2-4,9-10H,1,5-8H2,(H,17,21). The maximum absolute atomic E-state index is 12.3. The van der Waals surface area contributed by atoms with Crippen molar-refractivity contribution in [3.05, 3.63) is 45.4 Å². The Labute approximate surface area is 141 Å². The van der Waals surface area contributed by atoms with E-state index in [2.05, 4.69) is 27.8 Å². The molecule has 1 aliphatic rings. The highest BCUT2D eigenvalue weighted by atomic mass is 79.9. The van der Waals surface area contributed by atoms with Crippen molar-refractivity contribution in [1.82, 2.24) is 4.90 Å². The van der Waals surface area contributed by atoms with Gasteiger partial charge < -0.3 is 10.2 Å². The molecule has 1 heterocycles. The van der Waals surface area contributed by atoms with E-state index in [0.717, 1.165) is 0 Å². The lowest BCUT2D eigenvalue weighted by Gasteiger charge is -2.30. The normalized spacial score (nSPS) is 15.1. The summed E-state index contributed by atoms with van der Waals surface area (Å²) >= 11 is 3.12. The number of carbonyl (C=O) groups is 2. The van der Waals surface area contributed by atoms with E-state index < -0.39 is 4.92 Å². The van der Waals surface area contributed by atoms with Crippen LogP contribution in [-0.4, -0.2) is 34.7 Å². The molecule has 8 heteroatoms. The van der Waals surface area contributed by atoms with Gasteiger partial charge in [0, 0.05) is 30.8 Å². The zero-order chi connectivity index (χ0) is 17.0. The minimum absolute atomic E-state index is 0.0563. The van der Waals surface area contributed by atoms with Gasteiger partial charge in [-0.25, -0.2) is 0 Å². The van der Waals surface area contributed by atoms with Crippen LogP contribution >= 0.6 is 15.9 Å². The Hall–Kier alpha value is -2.22. The topological polar surface area (TPSA) is 92.6 Å². The predicted octanol–water partition coefficient (Wildman–Crippen LogP) is 2.72. The first-order valence-corrected chi connectivity index (χ1v) is 7.88. The molecule has 1 aromatic carbocycles. The number of halogens is 1. The summed E-state index contributed by atoms with van der Waals surface area (Å²) in [5.41, 5.74) is 0.441. The van der Waals surface area contributed by atoms with Gasteiger partial charge in [0.2, 0.25) is 11.8 Å². The number of hydrogen-bond donors (Lipinski definition) is 1. The Balaban J connectivity index is 1.95. The largest absolute Gasteiger partial charge is 0.339 e. The molecule has 0 unspecified atom stereocenters. The first-order valence-electron chi connectivity index (χ1n) is 7.08. The number of nitro benzene ring substituents is 1. The summed E-state index contributed by atoms with van der Waals surface area (Å²) in [6, 6.07) is 4.34. The summed E-state index contributed by atoms with van der Waals surface area (Å²) < 4.78 is 0.312. The highest BCUT2D eigenvalue weighted by Gasteiger charge is 2.26. The number of anilines is 1. The second kappa shape index (κ2) is 7.36. The average molecular weight is 382 g/mol. The van der Waals surface area contributed by atoms with Crippen LogP contribution in [0.25, 0.3) is 0 Å². The minimum Gasteiger partial charge on any atom is -0.339 e. The number of nitro groups is 1. The lowest BCUT2D eigenvalue weighted by molar-refractivity contribution is -0.385. The summed E-state index contributed by atoms with van der Waals surface area (Å²) in [7, 11) is 0. The molecule has 122 valence electrons. The quantitative estimate of drug-likeness (QED) is 0.492. The van der Waals surface area contributed by atoms with E-state index in [0.29, 0.717) is 36.1 Å². The first kappa shape index (κ1) is 17.1. The zero-order valence-electron chi connectivity index (χ0n) is 12.3. The van der Waals surface area contributed by atoms with Crippen LogP contribution in [0, 0.1) is 16.0 Å². The van der Waals surface area contributed by atoms with Crippen molar-refractivity contribution in [3.8, 4) is 0 Å². The first-order chi connectivity index (χ1) is 10.9. The Morgan fingerprint density at radius 3 is 2.57 bits per heavy atom. The Kier molecular flexibility index (Phi) is 5.49. The molecule has 0 aliphatic carbocycles. The van der Waals surface area contributed by atoms with E-state index in [-0.39, 0.29) is 23.4 Å². The third-order valence-corrected chi connectivity index (χ3v) is 4.40. The van der Waals surface area contributed by atoms with E-state index in [1.807, 2.05) is 0 Å². The predicted molar refractivity (Wildman–Crippen MR) is 88.9 cm³/mol. The van der Waals surface area contributed by atoms with Crippen LogP contribution in [0.1, 0.15) is 12.8 Å². The molecule has 0 aromatic heterocycles. The van der Waals surface area contributed by atoms with Crippen molar-refractivity contribution >= 4 is 39.1 Å². The SMILES string of the molecule is C=CC(=O)N1CCC(C(=O)Nc2ccc([N+](=O)[O-])c(Br)c2)CC1. The molecule has 0 spiro atoms. The zero-order valence-corrected chi connectivity index (χ0v) is 13.9. The number of rotatable bonds is 4. The van der Waals surface area contributed by atoms with Crippen LogP contribution < -0.4 is 5.32 Å². The third kappa shape index (κ3) is 4.16. The van der Waals surface area contributed by atoms with Gasteiger partial charge in [-0.1, -0.05) is 6.58 Å². The van der Waals surface area contributed by atoms with Crippen LogP contribution in [0.2, 0.25) is 0 Å². The molecule has 1 N–H and O–H groups in total. The highest BCUT2D eigenvalue weighted by molar-refractivity contribution is 9.10. The molecule has 2 rings (SSSR count). The fraction of sp³-hybridized carbons (Fsp3) is 0.333. The van der Waals surface area contributed by atoms with E-state index in [1.54, 1.807) is 4.90 Å². The van der Waals surface area contributed by atoms with Crippen LogP contribution in [0.3, 0.4) is 0 Å². The van der Waals surface area contributed by atoms with E-state index in [4.69, 9.17) is 0 Å². The van der Waals surface area contributed by atoms with Crippen LogP contribution in [0.5, 0.6) is 0 Å². The number of likely N-dealkylation sites (tertiary alicyclic amines) is 1. The van der Waals surface area contributed by atoms with Gasteiger partial charge in [0.15, 0.2) is 0 Å². The van der Waals surface area contributed by atoms with E-state index in [1.165, 1.54) is 24.3 Å². The van der Waals surface area contributed by atoms with Crippen molar-refractivity contribution in [1.29, 1.82) is 0 Å². The minimum atomic E-state index is -0.498. The molecule has 0 atom stereocenters. The van der Waals surface area contributed by atoms with Gasteiger partial charge in [0.1, 0.15) is 0 Å². The van der Waals surface area contributed by atoms with Gasteiger partial charge in [0.05, 0.1) is 9.40 Å². The van der Waals surface area contributed by atoms with Crippen molar-refractivity contribution in [2.75, 3.05) is 18.4 Å². The van der Waals surface area contributed by atoms with Crippen molar-refractivity contribution in [2.45, 2.75) is 12.8 Å². The maximum Gasteiger partial charge on any atom is 0.283 e. The molecule has 0 bridgehead atoms. The molecule has 2 amide bonds. The Morgan fingerprint density at radius 2 is 2.04 bits per heavy atom. The molecule has 1 saturated heterocycles. The van der Waals surface area contributed by atoms with Gasteiger partial charge in [-0.05, 0) is 47.0 Å². The lowest BCUT2D eigenvalue weighted by Crippen LogP contribution is -2.40. The van der Waals surface area contributed by atoms with Gasteiger partial charge in [-0.3, -0.25) is 19.7 Å². The maximum atomic E-state index is 12.3. The number of carbonyl (C=O) groups excluding carboxylic acids is 2. The molecular weight excluding hydrogens is 366 g/mol. The van der Waals surface area contributed by atoms with Gasteiger partial charge in [-0.15, -0.1) is 0 Å². The van der Waals surface area contributed by atoms with Crippen molar-refractivity contribution < 1.29 is 14.5 Å². The van der Waals surface area contributed by atoms with E-state index >= 15 is 0 Å². The number of amides is 2. The highest BCUT2D eigenvalue weighted by Crippen LogP contribution is 2.28. The number of piperidine rings is 1. The van der Waals surface area contributed by atoms with Crippen molar-refractivity contribution in [3.63, 3.8) is 0 Å². The Bertz CT molecular complexity index is 654. The lowest BCUT2D eigenvalue weighted by atomic mass is 9.95. The van der Waals surface area contributed by atoms with Gasteiger partial charge >= 0.3 is 0 Å². The van der Waals surface area contributed by atoms with E-state index in [9.17, 15) is 19.7 Å². The summed E-state index contributed by atoms with van der Waals surface area (Å²) in [5.74, 6) is -0.447. The fourth-order valence-corrected chi connectivity index (χ4v) is 2.99. The average Bonchev–Trinajstić information content (AvgIpc) is 2.54. The monoisotopic (exact) mass is 381 g/mol. The summed E-state index contributed by atoms with van der Waals surface area (Å²) in [6.45, 7) is 4.49. The second-order valence-corrected chi connectivity index (χ2v) is 6.07. The molecule has 1 aliphatic heterocycles. The molecular formula is C15H16BrN3O4. The third-order valence-electron chi connectivity index (χ3n) is 3.76. The molecule has 0 saturated carbocycles. The van der Waals surface area contributed by atoms with Gasteiger partial charge in [0.25, 0.3) is 5.69 Å². The molecule has 23 heavy (non-hydrogen) atoms. The number of nitrogens with one attached hydrogen (secondary N) is 1. The van der Waals surface area contributed by atoms with Gasteiger partial charge in [-0.2, -0.15) is 0 Å². The van der Waals surface area contributed by atoms with Crippen LogP contribution in [0.4, 0.5) is 11.4 Å². The summed E-state index contributed by atoms with van der Waals surface area (Å²) in [4.78, 5) is 35.7. The number of benzene rings is 1. The molecule has 1 fully saturated rings. The number of hydrogen-bond acceptors (Lipinski definition) is 4. The van der Waals surface area contributed by atoms with Crippen LogP contribution in [0.15, 0.2) is 35.3 Å². The number of nitrogens with zero attached hydrogens (tertiary/aromatic N) is 2. The Morgan fingerprint density at radius 1 is 1.39 bits per heavy atom. The fourth-order valence-electron chi connectivity index (χ4n) is 2.47. The molecule has 7 nitrogen and oxygen atoms in total.